The first-order valence-corrected chi connectivity index (χ1v) is 5.98. The summed E-state index contributed by atoms with van der Waals surface area (Å²) in [5, 5.41) is 8.87. The first-order chi connectivity index (χ1) is 9.30. The number of rotatable bonds is 2. The molecule has 0 saturated heterocycles. The molecule has 0 saturated carbocycles. The van der Waals surface area contributed by atoms with Gasteiger partial charge in [0.25, 0.3) is 0 Å². The highest BCUT2D eigenvalue weighted by Crippen LogP contribution is 2.35. The monoisotopic (exact) mass is 287 g/mol. The lowest BCUT2D eigenvalue weighted by molar-refractivity contribution is -0.189. The molecule has 1 amide bonds. The summed E-state index contributed by atoms with van der Waals surface area (Å²) in [6.07, 6.45) is -5.25. The summed E-state index contributed by atoms with van der Waals surface area (Å²) in [5.74, 6) is -3.23. The minimum Gasteiger partial charge on any atom is -0.481 e. The van der Waals surface area contributed by atoms with Gasteiger partial charge in [0.05, 0.1) is 12.5 Å². The normalized spacial score (nSPS) is 18.6. The van der Waals surface area contributed by atoms with Gasteiger partial charge in [0, 0.05) is 6.54 Å². The summed E-state index contributed by atoms with van der Waals surface area (Å²) in [4.78, 5) is 22.9. The molecule has 1 aromatic carbocycles. The number of benzene rings is 1. The van der Waals surface area contributed by atoms with E-state index < -0.39 is 30.5 Å². The van der Waals surface area contributed by atoms with Crippen LogP contribution in [0.15, 0.2) is 24.3 Å². The molecule has 0 bridgehead atoms. The molecule has 1 aromatic rings. The van der Waals surface area contributed by atoms with Crippen molar-refractivity contribution >= 4 is 11.9 Å². The van der Waals surface area contributed by atoms with E-state index in [2.05, 4.69) is 0 Å². The molecule has 4 nitrogen and oxygen atoms in total. The number of carboxylic acid groups (broad SMARTS) is 1. The Labute approximate surface area is 112 Å². The second-order valence-electron chi connectivity index (χ2n) is 4.56. The maximum Gasteiger partial charge on any atom is 0.471 e. The van der Waals surface area contributed by atoms with Crippen LogP contribution in [0.4, 0.5) is 13.2 Å². The number of halogens is 3. The maximum absolute atomic E-state index is 12.6. The number of aliphatic carboxylic acids is 1. The first-order valence-electron chi connectivity index (χ1n) is 5.98. The zero-order valence-corrected chi connectivity index (χ0v) is 10.4. The number of amides is 1. The largest absolute Gasteiger partial charge is 0.481 e. The Morgan fingerprint density at radius 3 is 2.55 bits per heavy atom. The maximum atomic E-state index is 12.6. The van der Waals surface area contributed by atoms with Crippen LogP contribution in [0.5, 0.6) is 0 Å². The van der Waals surface area contributed by atoms with Gasteiger partial charge in [0.15, 0.2) is 0 Å². The highest BCUT2D eigenvalue weighted by atomic mass is 19.4. The zero-order valence-electron chi connectivity index (χ0n) is 10.4. The molecule has 1 atom stereocenters. The lowest BCUT2D eigenvalue weighted by Crippen LogP contribution is -2.47. The molecular weight excluding hydrogens is 275 g/mol. The number of carbonyl (C=O) groups is 2. The molecule has 1 aliphatic rings. The Morgan fingerprint density at radius 1 is 1.30 bits per heavy atom. The lowest BCUT2D eigenvalue weighted by atomic mass is 9.90. The summed E-state index contributed by atoms with van der Waals surface area (Å²) >= 11 is 0. The number of hydrogen-bond donors (Lipinski definition) is 1. The van der Waals surface area contributed by atoms with Crippen LogP contribution in [0, 0.1) is 0 Å². The number of hydrogen-bond acceptors (Lipinski definition) is 2. The predicted molar refractivity (Wildman–Crippen MR) is 62.9 cm³/mol. The summed E-state index contributed by atoms with van der Waals surface area (Å²) in [6.45, 7) is -0.132. The number of nitrogens with zero attached hydrogens (tertiary/aromatic N) is 1. The van der Waals surface area contributed by atoms with Gasteiger partial charge < -0.3 is 10.0 Å². The number of carbonyl (C=O) groups excluding carboxylic acids is 1. The van der Waals surface area contributed by atoms with E-state index in [1.54, 1.807) is 24.3 Å². The van der Waals surface area contributed by atoms with Gasteiger partial charge in [-0.1, -0.05) is 24.3 Å². The Hall–Kier alpha value is -2.05. The van der Waals surface area contributed by atoms with Gasteiger partial charge in [-0.05, 0) is 17.5 Å². The Kier molecular flexibility index (Phi) is 3.69. The average Bonchev–Trinajstić information content (AvgIpc) is 2.37. The van der Waals surface area contributed by atoms with Gasteiger partial charge in [0.1, 0.15) is 0 Å². The SMILES string of the molecule is O=C(O)C[C@@H]1c2ccccc2CCN1C(=O)C(F)(F)F. The van der Waals surface area contributed by atoms with Crippen molar-refractivity contribution < 1.29 is 27.9 Å². The smallest absolute Gasteiger partial charge is 0.471 e. The molecule has 0 fully saturated rings. The molecule has 1 aliphatic heterocycles. The Bertz CT molecular complexity index is 542. The molecule has 0 spiro atoms. The average molecular weight is 287 g/mol. The van der Waals surface area contributed by atoms with E-state index >= 15 is 0 Å². The molecule has 0 aromatic heterocycles. The van der Waals surface area contributed by atoms with E-state index in [0.717, 1.165) is 5.56 Å². The van der Waals surface area contributed by atoms with Gasteiger partial charge in [-0.15, -0.1) is 0 Å². The van der Waals surface area contributed by atoms with Crippen molar-refractivity contribution in [2.24, 2.45) is 0 Å². The second-order valence-corrected chi connectivity index (χ2v) is 4.56. The zero-order chi connectivity index (χ0) is 14.9. The minimum atomic E-state index is -5.00. The summed E-state index contributed by atoms with van der Waals surface area (Å²) in [7, 11) is 0. The molecule has 0 aliphatic carbocycles. The van der Waals surface area contributed by atoms with Crippen molar-refractivity contribution in [1.82, 2.24) is 4.90 Å². The van der Waals surface area contributed by atoms with Crippen LogP contribution >= 0.6 is 0 Å². The Balaban J connectivity index is 2.39. The van der Waals surface area contributed by atoms with E-state index in [1.165, 1.54) is 0 Å². The third-order valence-corrected chi connectivity index (χ3v) is 3.28. The number of alkyl halides is 3. The van der Waals surface area contributed by atoms with Crippen LogP contribution in [0.25, 0.3) is 0 Å². The van der Waals surface area contributed by atoms with Crippen molar-refractivity contribution in [2.75, 3.05) is 6.54 Å². The van der Waals surface area contributed by atoms with Crippen molar-refractivity contribution in [2.45, 2.75) is 25.1 Å². The van der Waals surface area contributed by atoms with Crippen molar-refractivity contribution in [3.8, 4) is 0 Å². The van der Waals surface area contributed by atoms with Crippen LogP contribution in [0.2, 0.25) is 0 Å². The van der Waals surface area contributed by atoms with E-state index in [0.29, 0.717) is 10.5 Å². The van der Waals surface area contributed by atoms with E-state index in [4.69, 9.17) is 5.11 Å². The molecule has 7 heteroatoms. The predicted octanol–water partition coefficient (Wildman–Crippen LogP) is 2.15. The molecule has 0 radical (unpaired) electrons. The third-order valence-electron chi connectivity index (χ3n) is 3.28. The molecule has 1 N–H and O–H groups in total. The fourth-order valence-corrected chi connectivity index (χ4v) is 2.44. The highest BCUT2D eigenvalue weighted by molar-refractivity contribution is 5.83. The fourth-order valence-electron chi connectivity index (χ4n) is 2.44. The molecular formula is C13H12F3NO3. The third kappa shape index (κ3) is 2.76. The van der Waals surface area contributed by atoms with Crippen LogP contribution < -0.4 is 0 Å². The summed E-state index contributed by atoms with van der Waals surface area (Å²) in [6, 6.07) is 5.58. The topological polar surface area (TPSA) is 57.6 Å². The van der Waals surface area contributed by atoms with Gasteiger partial charge in [-0.2, -0.15) is 13.2 Å². The molecule has 20 heavy (non-hydrogen) atoms. The number of carboxylic acids is 1. The van der Waals surface area contributed by atoms with Gasteiger partial charge in [-0.25, -0.2) is 0 Å². The second kappa shape index (κ2) is 5.15. The van der Waals surface area contributed by atoms with Crippen LogP contribution in [0.3, 0.4) is 0 Å². The van der Waals surface area contributed by atoms with E-state index in [1.807, 2.05) is 0 Å². The Morgan fingerprint density at radius 2 is 1.95 bits per heavy atom. The molecule has 0 unspecified atom stereocenters. The lowest BCUT2D eigenvalue weighted by Gasteiger charge is -2.36. The van der Waals surface area contributed by atoms with Crippen LogP contribution in [-0.4, -0.2) is 34.6 Å². The summed E-state index contributed by atoms with van der Waals surface area (Å²) < 4.78 is 37.7. The van der Waals surface area contributed by atoms with E-state index in [-0.39, 0.29) is 13.0 Å². The van der Waals surface area contributed by atoms with Crippen molar-refractivity contribution in [3.05, 3.63) is 35.4 Å². The van der Waals surface area contributed by atoms with Crippen molar-refractivity contribution in [3.63, 3.8) is 0 Å². The van der Waals surface area contributed by atoms with Gasteiger partial charge >= 0.3 is 18.1 Å². The molecule has 108 valence electrons. The fraction of sp³-hybridized carbons (Fsp3) is 0.385. The first kappa shape index (κ1) is 14.4. The standard InChI is InChI=1S/C13H12F3NO3/c14-13(15,16)12(20)17-6-5-8-3-1-2-4-9(8)10(17)7-11(18)19/h1-4,10H,5-7H2,(H,18,19)/t10-/m1/s1. The van der Waals surface area contributed by atoms with Crippen LogP contribution in [0.1, 0.15) is 23.6 Å². The van der Waals surface area contributed by atoms with Crippen LogP contribution in [-0.2, 0) is 16.0 Å². The number of fused-ring (bicyclic) bond motifs is 1. The van der Waals surface area contributed by atoms with Crippen molar-refractivity contribution in [1.29, 1.82) is 0 Å². The highest BCUT2D eigenvalue weighted by Gasteiger charge is 2.46. The minimum absolute atomic E-state index is 0.132. The summed E-state index contributed by atoms with van der Waals surface area (Å²) in [5.41, 5.74) is 1.25. The quantitative estimate of drug-likeness (QED) is 0.906. The van der Waals surface area contributed by atoms with E-state index in [9.17, 15) is 22.8 Å². The van der Waals surface area contributed by atoms with Gasteiger partial charge in [-0.3, -0.25) is 9.59 Å². The molecule has 2 rings (SSSR count). The van der Waals surface area contributed by atoms with Gasteiger partial charge in [0.2, 0.25) is 0 Å². The molecule has 1 heterocycles.